The molecule has 3 rings (SSSR count). The molecule has 1 aromatic carbocycles. The molecule has 4 nitrogen and oxygen atoms in total. The molecule has 0 atom stereocenters. The number of anilines is 2. The van der Waals surface area contributed by atoms with Crippen LogP contribution < -0.4 is 10.2 Å². The number of rotatable bonds is 2. The molecule has 1 saturated carbocycles. The molecule has 0 bridgehead atoms. The second kappa shape index (κ2) is 3.32. The Morgan fingerprint density at radius 1 is 1.47 bits per heavy atom. The molecule has 4 heteroatoms. The van der Waals surface area contributed by atoms with Crippen molar-refractivity contribution in [2.75, 3.05) is 16.8 Å². The van der Waals surface area contributed by atoms with Gasteiger partial charge in [0.15, 0.2) is 0 Å². The van der Waals surface area contributed by atoms with Gasteiger partial charge in [0.05, 0.1) is 0 Å². The van der Waals surface area contributed by atoms with Gasteiger partial charge in [-0.05, 0) is 30.5 Å². The lowest BCUT2D eigenvalue weighted by molar-refractivity contribution is -0.116. The van der Waals surface area contributed by atoms with Gasteiger partial charge < -0.3 is 10.2 Å². The summed E-state index contributed by atoms with van der Waals surface area (Å²) in [6.07, 6.45) is 2.97. The summed E-state index contributed by atoms with van der Waals surface area (Å²) in [5, 5.41) is 2.63. The summed E-state index contributed by atoms with van der Waals surface area (Å²) >= 11 is 0. The summed E-state index contributed by atoms with van der Waals surface area (Å²) in [4.78, 5) is 23.9. The van der Waals surface area contributed by atoms with Gasteiger partial charge in [-0.2, -0.15) is 0 Å². The molecule has 1 N–H and O–H groups in total. The number of nitrogens with zero attached hydrogens (tertiary/aromatic N) is 1. The van der Waals surface area contributed by atoms with Crippen LogP contribution in [0.15, 0.2) is 18.2 Å². The molecule has 0 unspecified atom stereocenters. The van der Waals surface area contributed by atoms with Gasteiger partial charge in [0.2, 0.25) is 12.3 Å². The SMILES string of the molecule is CC(=O)N1CC2(CC2)c2ccc(NC=O)cc21. The van der Waals surface area contributed by atoms with E-state index in [0.29, 0.717) is 6.41 Å². The fraction of sp³-hybridized carbons (Fsp3) is 0.385. The van der Waals surface area contributed by atoms with Gasteiger partial charge in [-0.15, -0.1) is 0 Å². The number of nitrogens with one attached hydrogen (secondary N) is 1. The van der Waals surface area contributed by atoms with Crippen molar-refractivity contribution in [1.82, 2.24) is 0 Å². The monoisotopic (exact) mass is 230 g/mol. The standard InChI is InChI=1S/C13H14N2O2/c1-9(17)15-7-13(4-5-13)11-3-2-10(14-8-16)6-12(11)15/h2-3,6,8H,4-5,7H2,1H3,(H,14,16). The first-order valence-electron chi connectivity index (χ1n) is 5.79. The third-order valence-corrected chi connectivity index (χ3v) is 3.78. The maximum Gasteiger partial charge on any atom is 0.223 e. The van der Waals surface area contributed by atoms with Crippen molar-refractivity contribution in [3.8, 4) is 0 Å². The Balaban J connectivity index is 2.07. The van der Waals surface area contributed by atoms with Crippen LogP contribution in [-0.2, 0) is 15.0 Å². The van der Waals surface area contributed by atoms with Crippen LogP contribution in [0.2, 0.25) is 0 Å². The number of hydrogen-bond donors (Lipinski definition) is 1. The average molecular weight is 230 g/mol. The third-order valence-electron chi connectivity index (χ3n) is 3.78. The van der Waals surface area contributed by atoms with E-state index in [9.17, 15) is 9.59 Å². The number of hydrogen-bond acceptors (Lipinski definition) is 2. The summed E-state index contributed by atoms with van der Waals surface area (Å²) < 4.78 is 0. The second-order valence-corrected chi connectivity index (χ2v) is 4.88. The smallest absolute Gasteiger partial charge is 0.223 e. The van der Waals surface area contributed by atoms with Crippen LogP contribution in [0.25, 0.3) is 0 Å². The minimum Gasteiger partial charge on any atom is -0.329 e. The van der Waals surface area contributed by atoms with Crippen molar-refractivity contribution >= 4 is 23.7 Å². The highest BCUT2D eigenvalue weighted by molar-refractivity contribution is 5.96. The van der Waals surface area contributed by atoms with E-state index < -0.39 is 0 Å². The van der Waals surface area contributed by atoms with Crippen molar-refractivity contribution in [2.45, 2.75) is 25.2 Å². The topological polar surface area (TPSA) is 49.4 Å². The number of amides is 2. The van der Waals surface area contributed by atoms with Crippen molar-refractivity contribution < 1.29 is 9.59 Å². The highest BCUT2D eigenvalue weighted by Crippen LogP contribution is 2.56. The van der Waals surface area contributed by atoms with E-state index in [-0.39, 0.29) is 11.3 Å². The molecule has 17 heavy (non-hydrogen) atoms. The molecule has 1 spiro atoms. The second-order valence-electron chi connectivity index (χ2n) is 4.88. The summed E-state index contributed by atoms with van der Waals surface area (Å²) in [6.45, 7) is 2.38. The molecule has 1 aliphatic heterocycles. The van der Waals surface area contributed by atoms with Crippen LogP contribution in [0.5, 0.6) is 0 Å². The predicted octanol–water partition coefficient (Wildman–Crippen LogP) is 1.65. The zero-order valence-electron chi connectivity index (χ0n) is 9.69. The Morgan fingerprint density at radius 2 is 2.24 bits per heavy atom. The highest BCUT2D eigenvalue weighted by atomic mass is 16.2. The molecule has 2 amide bonds. The molecule has 1 aliphatic carbocycles. The Morgan fingerprint density at radius 3 is 2.82 bits per heavy atom. The van der Waals surface area contributed by atoms with E-state index in [1.54, 1.807) is 6.92 Å². The van der Waals surface area contributed by atoms with Crippen molar-refractivity contribution in [2.24, 2.45) is 0 Å². The molecule has 0 aromatic heterocycles. The highest BCUT2D eigenvalue weighted by Gasteiger charge is 2.52. The van der Waals surface area contributed by atoms with Crippen LogP contribution in [0.4, 0.5) is 11.4 Å². The molecule has 88 valence electrons. The maximum atomic E-state index is 11.6. The Labute approximate surface area is 99.6 Å². The van der Waals surface area contributed by atoms with Crippen LogP contribution in [0.3, 0.4) is 0 Å². The maximum absolute atomic E-state index is 11.6. The van der Waals surface area contributed by atoms with Gasteiger partial charge in [-0.1, -0.05) is 6.07 Å². The lowest BCUT2D eigenvalue weighted by atomic mass is 9.98. The molecule has 1 heterocycles. The zero-order chi connectivity index (χ0) is 12.0. The van der Waals surface area contributed by atoms with E-state index in [2.05, 4.69) is 5.32 Å². The van der Waals surface area contributed by atoms with E-state index in [1.807, 2.05) is 23.1 Å². The first kappa shape index (κ1) is 10.3. The van der Waals surface area contributed by atoms with Crippen molar-refractivity contribution in [3.63, 3.8) is 0 Å². The number of benzene rings is 1. The molecule has 1 aromatic rings. The minimum absolute atomic E-state index is 0.0679. The molecule has 2 aliphatic rings. The van der Waals surface area contributed by atoms with Crippen LogP contribution >= 0.6 is 0 Å². The van der Waals surface area contributed by atoms with Gasteiger partial charge in [0.25, 0.3) is 0 Å². The molecule has 1 fully saturated rings. The average Bonchev–Trinajstić information content (AvgIpc) is 2.98. The summed E-state index contributed by atoms with van der Waals surface area (Å²) in [7, 11) is 0. The first-order valence-corrected chi connectivity index (χ1v) is 5.79. The normalized spacial score (nSPS) is 19.0. The van der Waals surface area contributed by atoms with E-state index >= 15 is 0 Å². The van der Waals surface area contributed by atoms with E-state index in [4.69, 9.17) is 0 Å². The van der Waals surface area contributed by atoms with Gasteiger partial charge in [-0.3, -0.25) is 9.59 Å². The Kier molecular flexibility index (Phi) is 2.02. The van der Waals surface area contributed by atoms with E-state index in [0.717, 1.165) is 30.8 Å². The Bertz CT molecular complexity index is 506. The van der Waals surface area contributed by atoms with Gasteiger partial charge in [-0.25, -0.2) is 0 Å². The molecule has 0 saturated heterocycles. The summed E-state index contributed by atoms with van der Waals surface area (Å²) in [5.74, 6) is 0.0679. The largest absolute Gasteiger partial charge is 0.329 e. The third kappa shape index (κ3) is 1.44. The predicted molar refractivity (Wildman–Crippen MR) is 65.1 cm³/mol. The number of fused-ring (bicyclic) bond motifs is 2. The van der Waals surface area contributed by atoms with Crippen molar-refractivity contribution in [1.29, 1.82) is 0 Å². The first-order chi connectivity index (χ1) is 8.16. The molecular weight excluding hydrogens is 216 g/mol. The number of carbonyl (C=O) groups is 2. The van der Waals surface area contributed by atoms with Gasteiger partial charge in [0.1, 0.15) is 0 Å². The van der Waals surface area contributed by atoms with Gasteiger partial charge >= 0.3 is 0 Å². The Hall–Kier alpha value is -1.84. The number of carbonyl (C=O) groups excluding carboxylic acids is 2. The van der Waals surface area contributed by atoms with Crippen LogP contribution in [0.1, 0.15) is 25.3 Å². The zero-order valence-corrected chi connectivity index (χ0v) is 9.69. The summed E-state index contributed by atoms with van der Waals surface area (Å²) in [6, 6.07) is 5.83. The minimum atomic E-state index is 0.0679. The summed E-state index contributed by atoms with van der Waals surface area (Å²) in [5.41, 5.74) is 3.16. The molecule has 0 radical (unpaired) electrons. The van der Waals surface area contributed by atoms with Crippen LogP contribution in [-0.4, -0.2) is 18.9 Å². The lowest BCUT2D eigenvalue weighted by Gasteiger charge is -2.15. The van der Waals surface area contributed by atoms with Crippen molar-refractivity contribution in [3.05, 3.63) is 23.8 Å². The lowest BCUT2D eigenvalue weighted by Crippen LogP contribution is -2.28. The fourth-order valence-electron chi connectivity index (χ4n) is 2.69. The molecular formula is C13H14N2O2. The van der Waals surface area contributed by atoms with Crippen LogP contribution in [0, 0.1) is 0 Å². The quantitative estimate of drug-likeness (QED) is 0.785. The van der Waals surface area contributed by atoms with E-state index in [1.165, 1.54) is 5.56 Å². The van der Waals surface area contributed by atoms with Gasteiger partial charge in [0, 0.05) is 30.3 Å². The fourth-order valence-corrected chi connectivity index (χ4v) is 2.69.